The zero-order valence-electron chi connectivity index (χ0n) is 10.9. The minimum atomic E-state index is -0.411. The molecule has 0 saturated heterocycles. The predicted octanol–water partition coefficient (Wildman–Crippen LogP) is 1.62. The van der Waals surface area contributed by atoms with E-state index in [9.17, 15) is 14.4 Å². The van der Waals surface area contributed by atoms with Gasteiger partial charge in [0, 0.05) is 6.54 Å². The van der Waals surface area contributed by atoms with Gasteiger partial charge in [-0.3, -0.25) is 19.3 Å². The van der Waals surface area contributed by atoms with E-state index in [1.807, 2.05) is 0 Å². The van der Waals surface area contributed by atoms with E-state index in [1.165, 1.54) is 0 Å². The van der Waals surface area contributed by atoms with E-state index in [2.05, 4.69) is 0 Å². The van der Waals surface area contributed by atoms with Crippen LogP contribution in [0.3, 0.4) is 0 Å². The number of nitrogens with zero attached hydrogens (tertiary/aromatic N) is 1. The first-order valence-corrected chi connectivity index (χ1v) is 6.15. The summed E-state index contributed by atoms with van der Waals surface area (Å²) in [4.78, 5) is 36.5. The number of rotatable bonds is 4. The highest BCUT2D eigenvalue weighted by Crippen LogP contribution is 2.22. The summed E-state index contributed by atoms with van der Waals surface area (Å²) >= 11 is 0. The molecular formula is C14H15NO4. The lowest BCUT2D eigenvalue weighted by molar-refractivity contribution is -0.147. The Bertz CT molecular complexity index is 501. The molecule has 0 N–H and O–H groups in total. The van der Waals surface area contributed by atoms with E-state index in [0.29, 0.717) is 11.1 Å². The normalized spacial score (nSPS) is 13.9. The summed E-state index contributed by atoms with van der Waals surface area (Å²) in [6.07, 6.45) is -0.182. The van der Waals surface area contributed by atoms with Gasteiger partial charge in [0.25, 0.3) is 11.8 Å². The molecule has 0 spiro atoms. The number of ether oxygens (including phenoxy) is 1. The second kappa shape index (κ2) is 5.22. The fourth-order valence-electron chi connectivity index (χ4n) is 1.97. The Balaban J connectivity index is 2.03. The number of benzene rings is 1. The Hall–Kier alpha value is -2.17. The van der Waals surface area contributed by atoms with E-state index in [1.54, 1.807) is 38.1 Å². The third-order valence-electron chi connectivity index (χ3n) is 2.78. The van der Waals surface area contributed by atoms with Crippen LogP contribution in [0.2, 0.25) is 0 Å². The van der Waals surface area contributed by atoms with Gasteiger partial charge in [0.15, 0.2) is 0 Å². The van der Waals surface area contributed by atoms with Gasteiger partial charge in [-0.05, 0) is 26.0 Å². The quantitative estimate of drug-likeness (QED) is 0.610. The Morgan fingerprint density at radius 2 is 1.68 bits per heavy atom. The summed E-state index contributed by atoms with van der Waals surface area (Å²) < 4.78 is 4.97. The van der Waals surface area contributed by atoms with Gasteiger partial charge in [-0.2, -0.15) is 0 Å². The van der Waals surface area contributed by atoms with E-state index in [4.69, 9.17) is 4.74 Å². The average molecular weight is 261 g/mol. The number of fused-ring (bicyclic) bond motifs is 1. The molecule has 0 unspecified atom stereocenters. The molecule has 0 aromatic heterocycles. The highest BCUT2D eigenvalue weighted by molar-refractivity contribution is 6.21. The third-order valence-corrected chi connectivity index (χ3v) is 2.78. The molecule has 5 heteroatoms. The Morgan fingerprint density at radius 3 is 2.16 bits per heavy atom. The number of carbonyl (C=O) groups excluding carboxylic acids is 3. The lowest BCUT2D eigenvalue weighted by Gasteiger charge is -2.14. The minimum absolute atomic E-state index is 0.0175. The first kappa shape index (κ1) is 13.3. The first-order valence-electron chi connectivity index (χ1n) is 6.15. The van der Waals surface area contributed by atoms with Crippen LogP contribution in [-0.2, 0) is 9.53 Å². The molecule has 1 heterocycles. The van der Waals surface area contributed by atoms with Crippen LogP contribution < -0.4 is 0 Å². The maximum atomic E-state index is 12.0. The van der Waals surface area contributed by atoms with Crippen LogP contribution in [0.15, 0.2) is 24.3 Å². The van der Waals surface area contributed by atoms with E-state index in [-0.39, 0.29) is 30.9 Å². The molecular weight excluding hydrogens is 246 g/mol. The van der Waals surface area contributed by atoms with E-state index in [0.717, 1.165) is 4.90 Å². The van der Waals surface area contributed by atoms with Gasteiger partial charge in [0.2, 0.25) is 0 Å². The molecule has 1 aromatic rings. The van der Waals surface area contributed by atoms with Crippen molar-refractivity contribution in [1.82, 2.24) is 4.90 Å². The minimum Gasteiger partial charge on any atom is -0.463 e. The van der Waals surface area contributed by atoms with Crippen molar-refractivity contribution in [2.24, 2.45) is 0 Å². The van der Waals surface area contributed by atoms with E-state index < -0.39 is 5.97 Å². The number of amides is 2. The molecule has 19 heavy (non-hydrogen) atoms. The molecule has 0 bridgehead atoms. The molecule has 0 aliphatic carbocycles. The Morgan fingerprint density at radius 1 is 1.16 bits per heavy atom. The monoisotopic (exact) mass is 261 g/mol. The summed E-state index contributed by atoms with van der Waals surface area (Å²) in [5, 5.41) is 0. The molecule has 100 valence electrons. The number of hydrogen-bond acceptors (Lipinski definition) is 4. The SMILES string of the molecule is CC(C)OC(=O)CCN1C(=O)c2ccccc2C1=O. The second-order valence-corrected chi connectivity index (χ2v) is 4.60. The maximum Gasteiger partial charge on any atom is 0.307 e. The molecule has 1 aliphatic rings. The average Bonchev–Trinajstić information content (AvgIpc) is 2.60. The van der Waals surface area contributed by atoms with Crippen molar-refractivity contribution in [2.75, 3.05) is 6.54 Å². The maximum absolute atomic E-state index is 12.0. The fourth-order valence-corrected chi connectivity index (χ4v) is 1.97. The number of hydrogen-bond donors (Lipinski definition) is 0. The van der Waals surface area contributed by atoms with Crippen molar-refractivity contribution in [3.05, 3.63) is 35.4 Å². The lowest BCUT2D eigenvalue weighted by atomic mass is 10.1. The van der Waals surface area contributed by atoms with Gasteiger partial charge in [-0.15, -0.1) is 0 Å². The summed E-state index contributed by atoms with van der Waals surface area (Å²) in [5.74, 6) is -1.11. The van der Waals surface area contributed by atoms with Crippen molar-refractivity contribution < 1.29 is 19.1 Å². The summed E-state index contributed by atoms with van der Waals surface area (Å²) in [5.41, 5.74) is 0.787. The van der Waals surface area contributed by atoms with Crippen molar-refractivity contribution in [2.45, 2.75) is 26.4 Å². The summed E-state index contributed by atoms with van der Waals surface area (Å²) in [7, 11) is 0. The Labute approximate surface area is 111 Å². The number of imide groups is 1. The van der Waals surface area contributed by atoms with Crippen molar-refractivity contribution in [3.8, 4) is 0 Å². The van der Waals surface area contributed by atoms with Crippen LogP contribution in [-0.4, -0.2) is 35.3 Å². The van der Waals surface area contributed by atoms with Crippen molar-refractivity contribution in [1.29, 1.82) is 0 Å². The topological polar surface area (TPSA) is 63.7 Å². The summed E-state index contributed by atoms with van der Waals surface area (Å²) in [6, 6.07) is 6.64. The van der Waals surface area contributed by atoms with Crippen molar-refractivity contribution >= 4 is 17.8 Å². The van der Waals surface area contributed by atoms with Crippen LogP contribution in [0.4, 0.5) is 0 Å². The van der Waals surface area contributed by atoms with Crippen LogP contribution in [0.25, 0.3) is 0 Å². The third kappa shape index (κ3) is 2.65. The van der Waals surface area contributed by atoms with Gasteiger partial charge in [0.1, 0.15) is 0 Å². The van der Waals surface area contributed by atoms with Gasteiger partial charge in [0.05, 0.1) is 23.7 Å². The summed E-state index contributed by atoms with van der Waals surface area (Å²) in [6.45, 7) is 3.55. The number of esters is 1. The molecule has 0 radical (unpaired) electrons. The first-order chi connectivity index (χ1) is 9.00. The molecule has 2 rings (SSSR count). The second-order valence-electron chi connectivity index (χ2n) is 4.60. The zero-order chi connectivity index (χ0) is 14.0. The highest BCUT2D eigenvalue weighted by Gasteiger charge is 2.35. The largest absolute Gasteiger partial charge is 0.463 e. The molecule has 1 aromatic carbocycles. The molecule has 2 amide bonds. The molecule has 1 aliphatic heterocycles. The van der Waals surface area contributed by atoms with Crippen LogP contribution in [0.5, 0.6) is 0 Å². The molecule has 5 nitrogen and oxygen atoms in total. The van der Waals surface area contributed by atoms with Crippen molar-refractivity contribution in [3.63, 3.8) is 0 Å². The van der Waals surface area contributed by atoms with Crippen LogP contribution >= 0.6 is 0 Å². The standard InChI is InChI=1S/C14H15NO4/c1-9(2)19-12(16)7-8-15-13(17)10-5-3-4-6-11(10)14(15)18/h3-6,9H,7-8H2,1-2H3. The zero-order valence-corrected chi connectivity index (χ0v) is 10.9. The van der Waals surface area contributed by atoms with Gasteiger partial charge in [-0.25, -0.2) is 0 Å². The lowest BCUT2D eigenvalue weighted by Crippen LogP contribution is -2.32. The molecule has 0 atom stereocenters. The predicted molar refractivity (Wildman–Crippen MR) is 67.7 cm³/mol. The van der Waals surface area contributed by atoms with Gasteiger partial charge in [-0.1, -0.05) is 12.1 Å². The smallest absolute Gasteiger partial charge is 0.307 e. The highest BCUT2D eigenvalue weighted by atomic mass is 16.5. The van der Waals surface area contributed by atoms with Crippen LogP contribution in [0, 0.1) is 0 Å². The van der Waals surface area contributed by atoms with Crippen LogP contribution in [0.1, 0.15) is 41.0 Å². The van der Waals surface area contributed by atoms with Gasteiger partial charge < -0.3 is 4.74 Å². The fraction of sp³-hybridized carbons (Fsp3) is 0.357. The molecule has 0 saturated carbocycles. The Kier molecular flexibility index (Phi) is 3.64. The number of carbonyl (C=O) groups is 3. The molecule has 0 fully saturated rings. The van der Waals surface area contributed by atoms with E-state index >= 15 is 0 Å². The van der Waals surface area contributed by atoms with Gasteiger partial charge >= 0.3 is 5.97 Å².